The van der Waals surface area contributed by atoms with Crippen LogP contribution in [0.25, 0.3) is 0 Å². The number of halogens is 3. The third kappa shape index (κ3) is 4.70. The number of nitrogens with one attached hydrogen (secondary N) is 1. The Balaban J connectivity index is 2.63. The van der Waals surface area contributed by atoms with Gasteiger partial charge in [-0.15, -0.1) is 0 Å². The summed E-state index contributed by atoms with van der Waals surface area (Å²) >= 11 is 0. The van der Waals surface area contributed by atoms with Crippen molar-refractivity contribution in [2.45, 2.75) is 44.4 Å². The van der Waals surface area contributed by atoms with Gasteiger partial charge >= 0.3 is 6.18 Å². The van der Waals surface area contributed by atoms with Crippen molar-refractivity contribution in [2.24, 2.45) is 5.73 Å². The smallest absolute Gasteiger partial charge is 0.355 e. The van der Waals surface area contributed by atoms with Crippen molar-refractivity contribution in [1.29, 1.82) is 0 Å². The van der Waals surface area contributed by atoms with Crippen molar-refractivity contribution in [2.75, 3.05) is 13.1 Å². The molecule has 1 aliphatic rings. The van der Waals surface area contributed by atoms with E-state index >= 15 is 0 Å². The van der Waals surface area contributed by atoms with E-state index in [-0.39, 0.29) is 24.9 Å². The molecule has 1 heterocycles. The van der Waals surface area contributed by atoms with Gasteiger partial charge in [0.25, 0.3) is 0 Å². The van der Waals surface area contributed by atoms with Crippen LogP contribution in [-0.2, 0) is 9.59 Å². The molecule has 1 fully saturated rings. The fourth-order valence-corrected chi connectivity index (χ4v) is 2.08. The Labute approximate surface area is 109 Å². The number of likely N-dealkylation sites (N-methyl/N-ethyl adjacent to an activating group) is 1. The third-order valence-electron chi connectivity index (χ3n) is 2.93. The summed E-state index contributed by atoms with van der Waals surface area (Å²) in [5, 5.41) is 2.55. The van der Waals surface area contributed by atoms with Crippen LogP contribution in [-0.4, -0.2) is 48.1 Å². The molecule has 110 valence electrons. The quantitative estimate of drug-likeness (QED) is 0.783. The normalized spacial score (nSPS) is 23.5. The predicted molar refractivity (Wildman–Crippen MR) is 62.1 cm³/mol. The van der Waals surface area contributed by atoms with Crippen LogP contribution in [0.2, 0.25) is 0 Å². The van der Waals surface area contributed by atoms with Gasteiger partial charge in [0.2, 0.25) is 11.8 Å². The van der Waals surface area contributed by atoms with Gasteiger partial charge in [-0.25, -0.2) is 0 Å². The molecule has 1 aliphatic heterocycles. The summed E-state index contributed by atoms with van der Waals surface area (Å²) in [5.41, 5.74) is 5.67. The SMILES string of the molecule is CCNC(=O)[C@@H]1C[C@@H](N)CN1C(=O)CCC(F)(F)F. The Kier molecular flexibility index (Phi) is 5.16. The summed E-state index contributed by atoms with van der Waals surface area (Å²) in [6.07, 6.45) is -5.92. The number of nitrogens with zero attached hydrogens (tertiary/aromatic N) is 1. The van der Waals surface area contributed by atoms with E-state index in [9.17, 15) is 22.8 Å². The molecule has 5 nitrogen and oxygen atoms in total. The Bertz CT molecular complexity index is 347. The van der Waals surface area contributed by atoms with E-state index < -0.39 is 31.0 Å². The van der Waals surface area contributed by atoms with Gasteiger partial charge in [-0.05, 0) is 13.3 Å². The first-order valence-corrected chi connectivity index (χ1v) is 6.14. The molecule has 2 atom stereocenters. The zero-order valence-electron chi connectivity index (χ0n) is 10.7. The number of nitrogens with two attached hydrogens (primary N) is 1. The average Bonchev–Trinajstić information content (AvgIpc) is 2.67. The Morgan fingerprint density at radius 1 is 1.42 bits per heavy atom. The highest BCUT2D eigenvalue weighted by molar-refractivity contribution is 5.88. The van der Waals surface area contributed by atoms with E-state index in [1.165, 1.54) is 0 Å². The van der Waals surface area contributed by atoms with Crippen molar-refractivity contribution >= 4 is 11.8 Å². The summed E-state index contributed by atoms with van der Waals surface area (Å²) in [4.78, 5) is 24.6. The molecule has 0 aromatic heterocycles. The summed E-state index contributed by atoms with van der Waals surface area (Å²) in [6, 6.07) is -1.13. The molecule has 1 saturated heterocycles. The molecule has 0 aliphatic carbocycles. The zero-order chi connectivity index (χ0) is 14.6. The summed E-state index contributed by atoms with van der Waals surface area (Å²) in [7, 11) is 0. The first kappa shape index (κ1) is 15.7. The van der Waals surface area contributed by atoms with Crippen molar-refractivity contribution in [1.82, 2.24) is 10.2 Å². The van der Waals surface area contributed by atoms with Gasteiger partial charge < -0.3 is 16.0 Å². The molecule has 0 unspecified atom stereocenters. The van der Waals surface area contributed by atoms with Crippen LogP contribution < -0.4 is 11.1 Å². The highest BCUT2D eigenvalue weighted by Gasteiger charge is 2.39. The maximum absolute atomic E-state index is 12.1. The van der Waals surface area contributed by atoms with Crippen LogP contribution in [0, 0.1) is 0 Å². The molecular formula is C11H18F3N3O2. The number of amides is 2. The minimum Gasteiger partial charge on any atom is -0.355 e. The first-order chi connectivity index (χ1) is 8.74. The van der Waals surface area contributed by atoms with Crippen LogP contribution in [0.5, 0.6) is 0 Å². The highest BCUT2D eigenvalue weighted by atomic mass is 19.4. The molecule has 2 amide bonds. The third-order valence-corrected chi connectivity index (χ3v) is 2.93. The second kappa shape index (κ2) is 6.23. The lowest BCUT2D eigenvalue weighted by molar-refractivity contribution is -0.151. The monoisotopic (exact) mass is 281 g/mol. The highest BCUT2D eigenvalue weighted by Crippen LogP contribution is 2.24. The maximum Gasteiger partial charge on any atom is 0.389 e. The molecule has 1 rings (SSSR count). The topological polar surface area (TPSA) is 75.4 Å². The molecule has 0 spiro atoms. The number of alkyl halides is 3. The number of rotatable bonds is 4. The van der Waals surface area contributed by atoms with Crippen molar-refractivity contribution < 1.29 is 22.8 Å². The fraction of sp³-hybridized carbons (Fsp3) is 0.818. The number of carbonyl (C=O) groups excluding carboxylic acids is 2. The Morgan fingerprint density at radius 3 is 2.58 bits per heavy atom. The largest absolute Gasteiger partial charge is 0.389 e. The molecule has 8 heteroatoms. The number of likely N-dealkylation sites (tertiary alicyclic amines) is 1. The van der Waals surface area contributed by atoms with Gasteiger partial charge in [0.05, 0.1) is 6.42 Å². The zero-order valence-corrected chi connectivity index (χ0v) is 10.7. The average molecular weight is 281 g/mol. The standard InChI is InChI=1S/C11H18F3N3O2/c1-2-16-10(19)8-5-7(15)6-17(8)9(18)3-4-11(12,13)14/h7-8H,2-6,15H2,1H3,(H,16,19)/t7-,8+/m1/s1. The van der Waals surface area contributed by atoms with E-state index in [2.05, 4.69) is 5.32 Å². The van der Waals surface area contributed by atoms with Crippen LogP contribution >= 0.6 is 0 Å². The minimum atomic E-state index is -4.38. The van der Waals surface area contributed by atoms with Gasteiger partial charge in [-0.2, -0.15) is 13.2 Å². The lowest BCUT2D eigenvalue weighted by atomic mass is 10.1. The number of carbonyl (C=O) groups is 2. The molecule has 0 aromatic carbocycles. The van der Waals surface area contributed by atoms with Gasteiger partial charge in [-0.3, -0.25) is 9.59 Å². The van der Waals surface area contributed by atoms with E-state index in [1.54, 1.807) is 6.92 Å². The van der Waals surface area contributed by atoms with Crippen LogP contribution in [0.4, 0.5) is 13.2 Å². The summed E-state index contributed by atoms with van der Waals surface area (Å²) < 4.78 is 36.2. The van der Waals surface area contributed by atoms with E-state index in [0.29, 0.717) is 6.54 Å². The molecule has 0 bridgehead atoms. The molecular weight excluding hydrogens is 263 g/mol. The van der Waals surface area contributed by atoms with E-state index in [0.717, 1.165) is 4.90 Å². The first-order valence-electron chi connectivity index (χ1n) is 6.14. The number of hydrogen-bond acceptors (Lipinski definition) is 3. The molecule has 0 aromatic rings. The minimum absolute atomic E-state index is 0.124. The molecule has 0 saturated carbocycles. The van der Waals surface area contributed by atoms with Gasteiger partial charge in [0.15, 0.2) is 0 Å². The Morgan fingerprint density at radius 2 is 2.05 bits per heavy atom. The summed E-state index contributed by atoms with van der Waals surface area (Å²) in [6.45, 7) is 2.25. The van der Waals surface area contributed by atoms with Gasteiger partial charge in [0, 0.05) is 25.6 Å². The van der Waals surface area contributed by atoms with Gasteiger partial charge in [-0.1, -0.05) is 0 Å². The number of hydrogen-bond donors (Lipinski definition) is 2. The summed E-state index contributed by atoms with van der Waals surface area (Å²) in [5.74, 6) is -1.04. The second-order valence-corrected chi connectivity index (χ2v) is 4.57. The van der Waals surface area contributed by atoms with Crippen molar-refractivity contribution in [3.8, 4) is 0 Å². The fourth-order valence-electron chi connectivity index (χ4n) is 2.08. The van der Waals surface area contributed by atoms with E-state index in [4.69, 9.17) is 5.73 Å². The predicted octanol–water partition coefficient (Wildman–Crippen LogP) is 0.393. The van der Waals surface area contributed by atoms with Crippen molar-refractivity contribution in [3.05, 3.63) is 0 Å². The molecule has 3 N–H and O–H groups in total. The van der Waals surface area contributed by atoms with Crippen LogP contribution in [0.1, 0.15) is 26.2 Å². The molecule has 19 heavy (non-hydrogen) atoms. The van der Waals surface area contributed by atoms with E-state index in [1.807, 2.05) is 0 Å². The second-order valence-electron chi connectivity index (χ2n) is 4.57. The maximum atomic E-state index is 12.1. The molecule has 0 radical (unpaired) electrons. The lowest BCUT2D eigenvalue weighted by Gasteiger charge is -2.23. The van der Waals surface area contributed by atoms with Crippen LogP contribution in [0.15, 0.2) is 0 Å². The van der Waals surface area contributed by atoms with Gasteiger partial charge in [0.1, 0.15) is 6.04 Å². The van der Waals surface area contributed by atoms with Crippen molar-refractivity contribution in [3.63, 3.8) is 0 Å². The Hall–Kier alpha value is -1.31. The lowest BCUT2D eigenvalue weighted by Crippen LogP contribution is -2.46. The van der Waals surface area contributed by atoms with Crippen LogP contribution in [0.3, 0.4) is 0 Å².